The van der Waals surface area contributed by atoms with Crippen LogP contribution in [0.1, 0.15) is 61.0 Å². The number of rotatable bonds is 10. The topological polar surface area (TPSA) is 189 Å². The molecule has 0 aromatic heterocycles. The summed E-state index contributed by atoms with van der Waals surface area (Å²) in [5, 5.41) is 42.5. The number of nitrogens with zero attached hydrogens (tertiary/aromatic N) is 1. The monoisotopic (exact) mass is 651 g/mol. The molecule has 2 aromatic carbocycles. The van der Waals surface area contributed by atoms with E-state index in [0.29, 0.717) is 24.2 Å². The van der Waals surface area contributed by atoms with Crippen LogP contribution in [0.2, 0.25) is 0 Å². The highest BCUT2D eigenvalue weighted by molar-refractivity contribution is 5.86. The van der Waals surface area contributed by atoms with E-state index in [9.17, 15) is 39.6 Å². The van der Waals surface area contributed by atoms with E-state index in [1.807, 2.05) is 13.1 Å². The average molecular weight is 652 g/mol. The second-order valence-electron chi connectivity index (χ2n) is 12.6. The summed E-state index contributed by atoms with van der Waals surface area (Å²) in [6, 6.07) is 11.3. The number of benzene rings is 2. The molecule has 250 valence electrons. The lowest BCUT2D eigenvalue weighted by atomic mass is 9.52. The number of esters is 3. The normalized spacial score (nSPS) is 27.6. The highest BCUT2D eigenvalue weighted by Crippen LogP contribution is 2.64. The molecule has 4 aliphatic rings. The molecule has 1 fully saturated rings. The summed E-state index contributed by atoms with van der Waals surface area (Å²) >= 11 is 0. The fourth-order valence-corrected chi connectivity index (χ4v) is 7.70. The van der Waals surface area contributed by atoms with Crippen molar-refractivity contribution in [1.29, 1.82) is 0 Å². The molecule has 0 saturated carbocycles. The Kier molecular flexibility index (Phi) is 8.60. The number of carboxylic acids is 1. The molecule has 6 rings (SSSR count). The standard InChI is InChI=1S/C34H37NO12/c1-18(31(41)47-28(30(39)40)19-7-4-3-5-8-19)44-32(42)22(37)16-25(38)45-23-11-13-34(43)24-15-20-9-10-21(17-36)27-26(20)33(34,29(23)46-27)12-6-14-35(24)2/h3-5,7-11,18,22,24,28-29,36-37,43H,6,12-17H2,1-2H3,(H,39,40)/t18-,22-,24+,28-,29-,33-,34+/m0/s1. The molecule has 2 heterocycles. The van der Waals surface area contributed by atoms with Gasteiger partial charge < -0.3 is 44.3 Å². The SMILES string of the molecule is C[C@H](OC(=O)[C@@H](O)CC(=O)OC1=CC[C@@]2(O)[C@H]3Cc4ccc(CO)c5c4[C@@]2(CCCN3C)[C@H]1O5)C(=O)O[C@H](C(=O)O)c1ccccc1. The predicted octanol–water partition coefficient (Wildman–Crippen LogP) is 1.44. The molecule has 0 amide bonds. The second kappa shape index (κ2) is 12.4. The molecule has 2 aromatic rings. The van der Waals surface area contributed by atoms with E-state index in [1.165, 1.54) is 12.1 Å². The van der Waals surface area contributed by atoms with E-state index in [1.54, 1.807) is 30.3 Å². The Morgan fingerprint density at radius 2 is 1.83 bits per heavy atom. The summed E-state index contributed by atoms with van der Waals surface area (Å²) in [5.41, 5.74) is 0.371. The van der Waals surface area contributed by atoms with Crippen LogP contribution in [-0.2, 0) is 51.8 Å². The van der Waals surface area contributed by atoms with Gasteiger partial charge in [0.1, 0.15) is 11.5 Å². The minimum absolute atomic E-state index is 0.133. The molecule has 13 nitrogen and oxygen atoms in total. The van der Waals surface area contributed by atoms with Crippen LogP contribution in [0.25, 0.3) is 0 Å². The number of likely N-dealkylation sites (N-methyl/N-ethyl adjacent to an activating group) is 1. The Morgan fingerprint density at radius 3 is 2.53 bits per heavy atom. The maximum Gasteiger partial charge on any atom is 0.349 e. The number of hydrogen-bond acceptors (Lipinski definition) is 12. The lowest BCUT2D eigenvalue weighted by Crippen LogP contribution is -2.69. The maximum atomic E-state index is 13.1. The van der Waals surface area contributed by atoms with Crippen LogP contribution in [-0.4, -0.2) is 92.8 Å². The second-order valence-corrected chi connectivity index (χ2v) is 12.6. The summed E-state index contributed by atoms with van der Waals surface area (Å²) in [6.45, 7) is 1.61. The smallest absolute Gasteiger partial charge is 0.349 e. The lowest BCUT2D eigenvalue weighted by Gasteiger charge is -2.56. The zero-order chi connectivity index (χ0) is 33.7. The van der Waals surface area contributed by atoms with Gasteiger partial charge in [-0.25, -0.2) is 14.4 Å². The van der Waals surface area contributed by atoms with Crippen molar-refractivity contribution in [2.75, 3.05) is 13.6 Å². The van der Waals surface area contributed by atoms with Gasteiger partial charge in [-0.1, -0.05) is 42.5 Å². The van der Waals surface area contributed by atoms with Gasteiger partial charge in [0.25, 0.3) is 0 Å². The van der Waals surface area contributed by atoms with E-state index in [0.717, 1.165) is 31.0 Å². The van der Waals surface area contributed by atoms with Crippen molar-refractivity contribution in [1.82, 2.24) is 4.90 Å². The summed E-state index contributed by atoms with van der Waals surface area (Å²) < 4.78 is 22.2. The zero-order valence-corrected chi connectivity index (χ0v) is 26.0. The number of likely N-dealkylation sites (tertiary alicyclic amines) is 1. The first kappa shape index (κ1) is 32.6. The minimum Gasteiger partial charge on any atom is -0.481 e. The van der Waals surface area contributed by atoms with Crippen LogP contribution < -0.4 is 4.74 Å². The maximum absolute atomic E-state index is 13.1. The van der Waals surface area contributed by atoms with Gasteiger partial charge in [0.05, 0.1) is 24.0 Å². The molecule has 47 heavy (non-hydrogen) atoms. The molecule has 0 unspecified atom stereocenters. The minimum atomic E-state index is -2.01. The van der Waals surface area contributed by atoms with Gasteiger partial charge in [-0.2, -0.15) is 0 Å². The van der Waals surface area contributed by atoms with Gasteiger partial charge in [0.15, 0.2) is 18.3 Å². The number of aliphatic hydroxyl groups excluding tert-OH is 2. The van der Waals surface area contributed by atoms with Crippen LogP contribution >= 0.6 is 0 Å². The molecule has 4 N–H and O–H groups in total. The number of carbonyl (C=O) groups is 4. The first-order valence-corrected chi connectivity index (χ1v) is 15.5. The first-order chi connectivity index (χ1) is 22.4. The van der Waals surface area contributed by atoms with E-state index in [-0.39, 0.29) is 30.4 Å². The lowest BCUT2D eigenvalue weighted by molar-refractivity contribution is -0.180. The summed E-state index contributed by atoms with van der Waals surface area (Å²) in [4.78, 5) is 52.1. The molecule has 2 bridgehead atoms. The molecular weight excluding hydrogens is 614 g/mol. The summed E-state index contributed by atoms with van der Waals surface area (Å²) in [5.74, 6) is -4.28. The largest absolute Gasteiger partial charge is 0.481 e. The van der Waals surface area contributed by atoms with Crippen LogP contribution in [0.3, 0.4) is 0 Å². The summed E-state index contributed by atoms with van der Waals surface area (Å²) in [6.07, 6.45) is -3.34. The molecule has 2 aliphatic carbocycles. The third-order valence-electron chi connectivity index (χ3n) is 9.90. The van der Waals surface area contributed by atoms with Crippen molar-refractivity contribution < 1.29 is 58.6 Å². The van der Waals surface area contributed by atoms with Gasteiger partial charge in [0, 0.05) is 29.2 Å². The van der Waals surface area contributed by atoms with E-state index < -0.39 is 65.7 Å². The first-order valence-electron chi connectivity index (χ1n) is 15.5. The van der Waals surface area contributed by atoms with Crippen molar-refractivity contribution in [2.24, 2.45) is 0 Å². The average Bonchev–Trinajstić information content (AvgIpc) is 3.38. The Morgan fingerprint density at radius 1 is 1.09 bits per heavy atom. The van der Waals surface area contributed by atoms with Crippen molar-refractivity contribution in [3.63, 3.8) is 0 Å². The zero-order valence-electron chi connectivity index (χ0n) is 26.0. The molecule has 1 saturated heterocycles. The molecule has 1 spiro atoms. The fourth-order valence-electron chi connectivity index (χ4n) is 7.70. The van der Waals surface area contributed by atoms with E-state index in [4.69, 9.17) is 18.9 Å². The van der Waals surface area contributed by atoms with Gasteiger partial charge in [0.2, 0.25) is 6.10 Å². The highest BCUT2D eigenvalue weighted by Gasteiger charge is 2.70. The molecule has 0 radical (unpaired) electrons. The Balaban J connectivity index is 1.14. The number of aliphatic hydroxyl groups is 3. The summed E-state index contributed by atoms with van der Waals surface area (Å²) in [7, 11) is 1.98. The quantitative estimate of drug-likeness (QED) is 0.214. The number of aliphatic carboxylic acids is 1. The Labute approximate surface area is 270 Å². The van der Waals surface area contributed by atoms with Crippen LogP contribution in [0, 0.1) is 0 Å². The third-order valence-corrected chi connectivity index (χ3v) is 9.90. The van der Waals surface area contributed by atoms with Crippen molar-refractivity contribution in [3.8, 4) is 5.75 Å². The van der Waals surface area contributed by atoms with Crippen molar-refractivity contribution in [2.45, 2.75) is 87.1 Å². The van der Waals surface area contributed by atoms with Gasteiger partial charge in [-0.3, -0.25) is 4.79 Å². The highest BCUT2D eigenvalue weighted by atomic mass is 16.6. The molecule has 13 heteroatoms. The Hall–Kier alpha value is -4.30. The molecule has 2 aliphatic heterocycles. The van der Waals surface area contributed by atoms with Crippen molar-refractivity contribution in [3.05, 3.63) is 76.6 Å². The predicted molar refractivity (Wildman–Crippen MR) is 161 cm³/mol. The van der Waals surface area contributed by atoms with Gasteiger partial charge >= 0.3 is 23.9 Å². The van der Waals surface area contributed by atoms with Gasteiger partial charge in [-0.15, -0.1) is 0 Å². The van der Waals surface area contributed by atoms with E-state index in [2.05, 4.69) is 4.90 Å². The third kappa shape index (κ3) is 5.36. The molecular formula is C34H37NO12. The fraction of sp³-hybridized carbons (Fsp3) is 0.471. The van der Waals surface area contributed by atoms with Crippen LogP contribution in [0.5, 0.6) is 5.75 Å². The molecule has 7 atom stereocenters. The number of carbonyl (C=O) groups excluding carboxylic acids is 3. The van der Waals surface area contributed by atoms with Crippen molar-refractivity contribution >= 4 is 23.9 Å². The number of carboxylic acid groups (broad SMARTS) is 1. The Bertz CT molecular complexity index is 1620. The van der Waals surface area contributed by atoms with Crippen LogP contribution in [0.15, 0.2) is 54.3 Å². The van der Waals surface area contributed by atoms with Gasteiger partial charge in [-0.05, 0) is 51.4 Å². The van der Waals surface area contributed by atoms with E-state index >= 15 is 0 Å². The van der Waals surface area contributed by atoms with Crippen LogP contribution in [0.4, 0.5) is 0 Å². The number of ether oxygens (including phenoxy) is 4. The number of hydrogen-bond donors (Lipinski definition) is 4.